The summed E-state index contributed by atoms with van der Waals surface area (Å²) < 4.78 is 32.8. The van der Waals surface area contributed by atoms with E-state index in [0.29, 0.717) is 30.3 Å². The first kappa shape index (κ1) is 65.1. The molecule has 12 rings (SSSR count). The van der Waals surface area contributed by atoms with Gasteiger partial charge in [-0.05, 0) is 133 Å². The van der Waals surface area contributed by atoms with Crippen LogP contribution in [0.1, 0.15) is 98.2 Å². The molecule has 0 saturated carbocycles. The number of hydrogen-bond donors (Lipinski definition) is 4. The fourth-order valence-electron chi connectivity index (χ4n) is 12.7. The minimum absolute atomic E-state index is 0.00171. The SMILES string of the molecule is CC1CN(c2cc(Br)ccc2C=O)CC(C)O1.C[C@@H]1CN2c3cc(Br)ccc3C[C@@]3(C(=O)CC(=O)NC3=O)[C@H]2[C@H](C)O1.Cc1ccc2c(c1)N1C[C@@H](C)O[C@@H](C)[C@@H]1[C@@]1(C2)C(=O)CC(=O)NC1=O.O=C1CC(=O)NC(=O)N1.O=Cc1ccc(Br)cc1F. The Hall–Kier alpha value is -6.90. The van der Waals surface area contributed by atoms with Crippen LogP contribution >= 0.6 is 47.8 Å². The first-order chi connectivity index (χ1) is 40.7. The van der Waals surface area contributed by atoms with Crippen LogP contribution in [0.25, 0.3) is 0 Å². The number of carbonyl (C=O) groups is 11. The molecule has 6 fully saturated rings. The Morgan fingerprint density at radius 3 is 1.36 bits per heavy atom. The molecule has 25 heteroatoms. The fourth-order valence-corrected chi connectivity index (χ4v) is 13.7. The summed E-state index contributed by atoms with van der Waals surface area (Å²) in [4.78, 5) is 134. The molecule has 8 aliphatic rings. The number of nitrogens with one attached hydrogen (secondary N) is 4. The summed E-state index contributed by atoms with van der Waals surface area (Å²) >= 11 is 10.0. The van der Waals surface area contributed by atoms with Crippen LogP contribution in [0, 0.1) is 23.6 Å². The average molecular weight is 1380 g/mol. The second-order valence-electron chi connectivity index (χ2n) is 22.5. The number of ketones is 2. The van der Waals surface area contributed by atoms with Crippen LogP contribution in [0.3, 0.4) is 0 Å². The number of piperidine rings is 2. The highest BCUT2D eigenvalue weighted by Crippen LogP contribution is 2.50. The van der Waals surface area contributed by atoms with Gasteiger partial charge in [0.05, 0.1) is 67.1 Å². The van der Waals surface area contributed by atoms with Crippen LogP contribution < -0.4 is 36.0 Å². The number of anilines is 3. The van der Waals surface area contributed by atoms with Gasteiger partial charge in [0, 0.05) is 62.2 Å². The van der Waals surface area contributed by atoms with E-state index in [2.05, 4.69) is 93.0 Å². The molecule has 86 heavy (non-hydrogen) atoms. The third-order valence-electron chi connectivity index (χ3n) is 16.0. The summed E-state index contributed by atoms with van der Waals surface area (Å²) in [6.45, 7) is 16.8. The minimum atomic E-state index is -1.28. The van der Waals surface area contributed by atoms with Crippen molar-refractivity contribution < 1.29 is 71.3 Å². The van der Waals surface area contributed by atoms with Gasteiger partial charge in [-0.3, -0.25) is 69.2 Å². The number of carbonyl (C=O) groups excluding carboxylic acids is 11. The number of fused-ring (bicyclic) bond motifs is 8. The van der Waals surface area contributed by atoms with E-state index in [1.54, 1.807) is 6.07 Å². The minimum Gasteiger partial charge on any atom is -0.372 e. The molecule has 8 amide bonds. The fraction of sp³-hybridized carbons (Fsp3) is 0.426. The van der Waals surface area contributed by atoms with Crippen molar-refractivity contribution in [2.24, 2.45) is 10.8 Å². The summed E-state index contributed by atoms with van der Waals surface area (Å²) in [5.74, 6) is -4.23. The van der Waals surface area contributed by atoms with E-state index >= 15 is 0 Å². The van der Waals surface area contributed by atoms with E-state index in [1.165, 1.54) is 12.1 Å². The molecule has 4 aromatic rings. The van der Waals surface area contributed by atoms with Gasteiger partial charge in [0.2, 0.25) is 35.4 Å². The summed E-state index contributed by atoms with van der Waals surface area (Å²) in [6.07, 6.45) is 0.994. The van der Waals surface area contributed by atoms with E-state index in [-0.39, 0.29) is 79.4 Å². The predicted octanol–water partition coefficient (Wildman–Crippen LogP) is 6.74. The van der Waals surface area contributed by atoms with Gasteiger partial charge < -0.3 is 28.9 Å². The Morgan fingerprint density at radius 2 is 0.907 bits per heavy atom. The van der Waals surface area contributed by atoms with Gasteiger partial charge in [0.15, 0.2) is 24.1 Å². The lowest BCUT2D eigenvalue weighted by Crippen LogP contribution is -2.72. The topological polar surface area (TPSA) is 273 Å². The van der Waals surface area contributed by atoms with E-state index in [1.807, 2.05) is 93.8 Å². The number of hydrogen-bond acceptors (Lipinski definition) is 17. The van der Waals surface area contributed by atoms with Gasteiger partial charge in [-0.25, -0.2) is 9.18 Å². The van der Waals surface area contributed by atoms with Gasteiger partial charge in [-0.15, -0.1) is 0 Å². The van der Waals surface area contributed by atoms with Gasteiger partial charge in [0.1, 0.15) is 23.1 Å². The molecule has 6 saturated heterocycles. The van der Waals surface area contributed by atoms with E-state index in [4.69, 9.17) is 14.2 Å². The van der Waals surface area contributed by atoms with Crippen LogP contribution in [0.4, 0.5) is 26.2 Å². The Bertz CT molecular complexity index is 3190. The Kier molecular flexibility index (Phi) is 20.4. The highest BCUT2D eigenvalue weighted by atomic mass is 79.9. The molecule has 0 aliphatic carbocycles. The second-order valence-corrected chi connectivity index (χ2v) is 25.3. The molecule has 0 bridgehead atoms. The van der Waals surface area contributed by atoms with Gasteiger partial charge in [-0.2, -0.15) is 0 Å². The molecule has 2 spiro atoms. The van der Waals surface area contributed by atoms with Crippen molar-refractivity contribution in [3.05, 3.63) is 120 Å². The molecule has 21 nitrogen and oxygen atoms in total. The van der Waals surface area contributed by atoms with Crippen LogP contribution in [0.2, 0.25) is 0 Å². The summed E-state index contributed by atoms with van der Waals surface area (Å²) in [7, 11) is 0. The summed E-state index contributed by atoms with van der Waals surface area (Å²) in [5.41, 5.74) is 4.38. The summed E-state index contributed by atoms with van der Waals surface area (Å²) in [5, 5.41) is 8.58. The molecule has 4 N–H and O–H groups in total. The Morgan fingerprint density at radius 1 is 0.500 bits per heavy atom. The number of nitrogens with zero attached hydrogens (tertiary/aromatic N) is 3. The largest absolute Gasteiger partial charge is 0.372 e. The van der Waals surface area contributed by atoms with Crippen molar-refractivity contribution in [3.63, 3.8) is 0 Å². The second kappa shape index (κ2) is 27.0. The summed E-state index contributed by atoms with van der Waals surface area (Å²) in [6, 6.07) is 20.4. The number of rotatable bonds is 3. The standard InChI is InChI=1S/C19H22N2O4.C18H19BrN2O4.C13H16BrNO2.C7H4BrFO.C4H4N2O3/c1-10-4-5-13-8-19(15(22)7-16(23)20-18(19)24)17-12(3)25-11(2)9-21(17)14(13)6-10;1-9-8-21-13-5-12(19)4-3-11(13)7-18(16(21)10(2)25-9)14(22)6-15(23)20-17(18)24;1-9-6-15(7-10(2)17-9)13-5-12(14)4-3-11(13)8-16;8-6-2-1-5(4-10)7(9)3-6;7-2-1-3(8)6-4(9)5-2/h4-6,11-12,17H,7-9H2,1-3H3,(H,20,23,24);3-5,9-10,16H,6-8H2,1-2H3,(H,20,23,24);3-5,8-10H,6-7H2,1-2H3;1-4H;1H2,(H2,5,6,7,8,9)/t11-,12+,17-,19-;9-,10+,16-,18-;;;/m11.../s1. The zero-order valence-corrected chi connectivity index (χ0v) is 52.9. The van der Waals surface area contributed by atoms with Crippen LogP contribution in [-0.4, -0.2) is 140 Å². The first-order valence-electron chi connectivity index (χ1n) is 27.8. The molecule has 4 aromatic carbocycles. The number of morpholine rings is 3. The normalized spacial score (nSPS) is 28.1. The number of aryl methyl sites for hydroxylation is 1. The number of urea groups is 1. The van der Waals surface area contributed by atoms with Crippen LogP contribution in [0.5, 0.6) is 0 Å². The number of amides is 8. The zero-order valence-electron chi connectivity index (χ0n) is 48.1. The predicted molar refractivity (Wildman–Crippen MR) is 323 cm³/mol. The van der Waals surface area contributed by atoms with Crippen molar-refractivity contribution >= 4 is 130 Å². The van der Waals surface area contributed by atoms with Crippen molar-refractivity contribution in [2.45, 2.75) is 129 Å². The molecular weight excluding hydrogens is 1310 g/mol. The molecular formula is C61H65Br3FN7O14. The van der Waals surface area contributed by atoms with Crippen LogP contribution in [0.15, 0.2) is 86.2 Å². The monoisotopic (exact) mass is 1380 g/mol. The highest BCUT2D eigenvalue weighted by molar-refractivity contribution is 9.11. The molecule has 456 valence electrons. The smallest absolute Gasteiger partial charge is 0.328 e. The van der Waals surface area contributed by atoms with Crippen molar-refractivity contribution in [1.82, 2.24) is 21.3 Å². The quantitative estimate of drug-likeness (QED) is 0.0939. The van der Waals surface area contributed by atoms with E-state index < -0.39 is 70.2 Å². The highest BCUT2D eigenvalue weighted by Gasteiger charge is 2.63. The Labute approximate surface area is 520 Å². The number of benzene rings is 4. The molecule has 2 unspecified atom stereocenters. The van der Waals surface area contributed by atoms with Gasteiger partial charge in [-0.1, -0.05) is 66.0 Å². The van der Waals surface area contributed by atoms with Gasteiger partial charge >= 0.3 is 6.03 Å². The van der Waals surface area contributed by atoms with Crippen molar-refractivity contribution in [3.8, 4) is 0 Å². The third kappa shape index (κ3) is 13.9. The van der Waals surface area contributed by atoms with Gasteiger partial charge in [0.25, 0.3) is 0 Å². The average Bonchev–Trinajstić information content (AvgIpc) is 0.811. The molecule has 0 aromatic heterocycles. The number of aldehydes is 2. The lowest BCUT2D eigenvalue weighted by molar-refractivity contribution is -0.159. The molecule has 10 atom stereocenters. The number of imide groups is 4. The lowest BCUT2D eigenvalue weighted by Gasteiger charge is -2.55. The first-order valence-corrected chi connectivity index (χ1v) is 30.2. The number of ether oxygens (including phenoxy) is 3. The van der Waals surface area contributed by atoms with Crippen LogP contribution in [-0.2, 0) is 65.4 Å². The number of halogens is 4. The lowest BCUT2D eigenvalue weighted by atomic mass is 9.63. The maximum Gasteiger partial charge on any atom is 0.328 e. The Balaban J connectivity index is 0.000000147. The molecule has 0 radical (unpaired) electrons. The van der Waals surface area contributed by atoms with Crippen molar-refractivity contribution in [2.75, 3.05) is 40.9 Å². The van der Waals surface area contributed by atoms with Crippen molar-refractivity contribution in [1.29, 1.82) is 0 Å². The van der Waals surface area contributed by atoms with E-state index in [9.17, 15) is 57.1 Å². The zero-order chi connectivity index (χ0) is 62.7. The molecule has 8 heterocycles. The maximum atomic E-state index is 13.0. The maximum absolute atomic E-state index is 13.0. The number of barbiturate groups is 1. The molecule has 8 aliphatic heterocycles. The third-order valence-corrected chi connectivity index (χ3v) is 17.4. The number of Topliss-reactive ketones (excluding diaryl/α,β-unsaturated/α-hetero) is 2. The van der Waals surface area contributed by atoms with E-state index in [0.717, 1.165) is 67.6 Å².